The second-order valence-corrected chi connectivity index (χ2v) is 6.17. The van der Waals surface area contributed by atoms with E-state index in [1.807, 2.05) is 0 Å². The van der Waals surface area contributed by atoms with Crippen LogP contribution in [-0.4, -0.2) is 0 Å². The highest BCUT2D eigenvalue weighted by Gasteiger charge is 2.26. The van der Waals surface area contributed by atoms with Crippen molar-refractivity contribution in [1.29, 1.82) is 0 Å². The Bertz CT molecular complexity index is 144. The van der Waals surface area contributed by atoms with Crippen molar-refractivity contribution in [3.63, 3.8) is 0 Å². The van der Waals surface area contributed by atoms with Gasteiger partial charge < -0.3 is 0 Å². The molecule has 0 saturated carbocycles. The second kappa shape index (κ2) is 7.30. The average molecular weight is 212 g/mol. The van der Waals surface area contributed by atoms with E-state index in [9.17, 15) is 0 Å². The molecule has 0 fully saturated rings. The van der Waals surface area contributed by atoms with Crippen LogP contribution in [0.15, 0.2) is 0 Å². The van der Waals surface area contributed by atoms with Crippen molar-refractivity contribution in [3.8, 4) is 0 Å². The quantitative estimate of drug-likeness (QED) is 0.486. The maximum absolute atomic E-state index is 2.47. The van der Waals surface area contributed by atoms with Crippen LogP contribution in [0.4, 0.5) is 0 Å². The van der Waals surface area contributed by atoms with Gasteiger partial charge in [0.2, 0.25) is 0 Å². The van der Waals surface area contributed by atoms with Gasteiger partial charge in [0.15, 0.2) is 0 Å². The lowest BCUT2D eigenvalue weighted by Crippen LogP contribution is -2.24. The van der Waals surface area contributed by atoms with Gasteiger partial charge in [-0.05, 0) is 30.1 Å². The molecule has 0 amide bonds. The smallest absolute Gasteiger partial charge is 0.0326 e. The van der Waals surface area contributed by atoms with Gasteiger partial charge in [-0.3, -0.25) is 0 Å². The fourth-order valence-electron chi connectivity index (χ4n) is 2.52. The van der Waals surface area contributed by atoms with Crippen LogP contribution < -0.4 is 0 Å². The molecule has 0 nitrogen and oxygen atoms in total. The first kappa shape index (κ1) is 15.0. The Morgan fingerprint density at radius 1 is 1.00 bits per heavy atom. The zero-order chi connectivity index (χ0) is 11.9. The molecule has 0 aromatic rings. The molecular formula is C15H32. The summed E-state index contributed by atoms with van der Waals surface area (Å²) in [5.41, 5.74) is 0.555. The van der Waals surface area contributed by atoms with Crippen molar-refractivity contribution in [2.24, 2.45) is 17.3 Å². The molecule has 0 radical (unpaired) electrons. The third-order valence-electron chi connectivity index (χ3n) is 3.87. The van der Waals surface area contributed by atoms with Crippen LogP contribution in [0.1, 0.15) is 80.1 Å². The van der Waals surface area contributed by atoms with Crippen LogP contribution in [0, 0.1) is 17.3 Å². The minimum Gasteiger partial charge on any atom is -0.0654 e. The van der Waals surface area contributed by atoms with Crippen LogP contribution in [-0.2, 0) is 0 Å². The van der Waals surface area contributed by atoms with Crippen molar-refractivity contribution < 1.29 is 0 Å². The molecule has 0 heteroatoms. The molecule has 0 spiro atoms. The molecule has 0 heterocycles. The van der Waals surface area contributed by atoms with Crippen LogP contribution in [0.3, 0.4) is 0 Å². The molecule has 0 aromatic heterocycles. The van der Waals surface area contributed by atoms with E-state index in [-0.39, 0.29) is 0 Å². The third kappa shape index (κ3) is 6.22. The first-order valence-corrected chi connectivity index (χ1v) is 6.94. The molecule has 1 atom stereocenters. The molecule has 0 aliphatic carbocycles. The SMILES string of the molecule is CCCCC(C)(C)C(CC)CCC(C)C. The molecule has 1 unspecified atom stereocenters. The summed E-state index contributed by atoms with van der Waals surface area (Å²) in [5.74, 6) is 1.78. The van der Waals surface area contributed by atoms with Gasteiger partial charge in [0, 0.05) is 0 Å². The predicted molar refractivity (Wildman–Crippen MR) is 71.2 cm³/mol. The van der Waals surface area contributed by atoms with E-state index in [2.05, 4.69) is 41.5 Å². The summed E-state index contributed by atoms with van der Waals surface area (Å²) in [6, 6.07) is 0. The van der Waals surface area contributed by atoms with Gasteiger partial charge >= 0.3 is 0 Å². The van der Waals surface area contributed by atoms with E-state index in [1.165, 1.54) is 38.5 Å². The Morgan fingerprint density at radius 2 is 1.60 bits per heavy atom. The molecule has 0 aliphatic heterocycles. The first-order valence-electron chi connectivity index (χ1n) is 6.94. The molecule has 0 aromatic carbocycles. The maximum atomic E-state index is 2.47. The zero-order valence-corrected chi connectivity index (χ0v) is 11.9. The number of rotatable bonds is 8. The summed E-state index contributed by atoms with van der Waals surface area (Å²) in [6.45, 7) is 14.3. The van der Waals surface area contributed by atoms with Gasteiger partial charge in [0.1, 0.15) is 0 Å². The normalized spacial score (nSPS) is 14.6. The minimum atomic E-state index is 0.555. The Morgan fingerprint density at radius 3 is 2.00 bits per heavy atom. The van der Waals surface area contributed by atoms with Crippen molar-refractivity contribution in [2.45, 2.75) is 80.1 Å². The van der Waals surface area contributed by atoms with Gasteiger partial charge in [-0.1, -0.05) is 67.2 Å². The number of hydrogen-bond acceptors (Lipinski definition) is 0. The fourth-order valence-corrected chi connectivity index (χ4v) is 2.52. The molecule has 0 rings (SSSR count). The van der Waals surface area contributed by atoms with Gasteiger partial charge in [0.25, 0.3) is 0 Å². The first-order chi connectivity index (χ1) is 6.94. The molecule has 0 aliphatic rings. The van der Waals surface area contributed by atoms with Crippen molar-refractivity contribution in [3.05, 3.63) is 0 Å². The summed E-state index contributed by atoms with van der Waals surface area (Å²) in [4.78, 5) is 0. The largest absolute Gasteiger partial charge is 0.0654 e. The van der Waals surface area contributed by atoms with E-state index in [0.29, 0.717) is 5.41 Å². The molecule has 0 N–H and O–H groups in total. The Labute approximate surface area is 97.8 Å². The second-order valence-electron chi connectivity index (χ2n) is 6.17. The number of hydrogen-bond donors (Lipinski definition) is 0. The summed E-state index contributed by atoms with van der Waals surface area (Å²) in [6.07, 6.45) is 8.30. The Balaban J connectivity index is 4.11. The van der Waals surface area contributed by atoms with Crippen molar-refractivity contribution in [1.82, 2.24) is 0 Å². The van der Waals surface area contributed by atoms with Crippen molar-refractivity contribution >= 4 is 0 Å². The zero-order valence-electron chi connectivity index (χ0n) is 11.9. The third-order valence-corrected chi connectivity index (χ3v) is 3.87. The lowest BCUT2D eigenvalue weighted by atomic mass is 9.71. The van der Waals surface area contributed by atoms with E-state index in [4.69, 9.17) is 0 Å². The molecule has 0 saturated heterocycles. The van der Waals surface area contributed by atoms with Crippen LogP contribution in [0.2, 0.25) is 0 Å². The highest BCUT2D eigenvalue weighted by molar-refractivity contribution is 4.77. The molecule has 0 bridgehead atoms. The molecular weight excluding hydrogens is 180 g/mol. The van der Waals surface area contributed by atoms with E-state index in [1.54, 1.807) is 0 Å². The van der Waals surface area contributed by atoms with E-state index >= 15 is 0 Å². The van der Waals surface area contributed by atoms with Crippen molar-refractivity contribution in [2.75, 3.05) is 0 Å². The van der Waals surface area contributed by atoms with Gasteiger partial charge in [-0.15, -0.1) is 0 Å². The molecule has 15 heavy (non-hydrogen) atoms. The fraction of sp³-hybridized carbons (Fsp3) is 1.00. The summed E-state index contributed by atoms with van der Waals surface area (Å²) >= 11 is 0. The predicted octanol–water partition coefficient (Wildman–Crippen LogP) is 5.67. The Kier molecular flexibility index (Phi) is 7.30. The van der Waals surface area contributed by atoms with E-state index < -0.39 is 0 Å². The average Bonchev–Trinajstić information content (AvgIpc) is 2.15. The van der Waals surface area contributed by atoms with Gasteiger partial charge in [0.05, 0.1) is 0 Å². The lowest BCUT2D eigenvalue weighted by Gasteiger charge is -2.34. The van der Waals surface area contributed by atoms with E-state index in [0.717, 1.165) is 11.8 Å². The maximum Gasteiger partial charge on any atom is -0.0326 e. The van der Waals surface area contributed by atoms with Crippen LogP contribution in [0.25, 0.3) is 0 Å². The Hall–Kier alpha value is 0. The number of unbranched alkanes of at least 4 members (excludes halogenated alkanes) is 1. The summed E-state index contributed by atoms with van der Waals surface area (Å²) in [5, 5.41) is 0. The monoisotopic (exact) mass is 212 g/mol. The molecule has 92 valence electrons. The van der Waals surface area contributed by atoms with Crippen LogP contribution in [0.5, 0.6) is 0 Å². The summed E-state index contributed by atoms with van der Waals surface area (Å²) < 4.78 is 0. The topological polar surface area (TPSA) is 0 Å². The standard InChI is InChI=1S/C15H32/c1-7-9-12-15(5,6)14(8-2)11-10-13(3)4/h13-14H,7-12H2,1-6H3. The van der Waals surface area contributed by atoms with Crippen LogP contribution >= 0.6 is 0 Å². The minimum absolute atomic E-state index is 0.555. The highest BCUT2D eigenvalue weighted by Crippen LogP contribution is 2.38. The summed E-state index contributed by atoms with van der Waals surface area (Å²) in [7, 11) is 0. The van der Waals surface area contributed by atoms with Gasteiger partial charge in [-0.25, -0.2) is 0 Å². The lowest BCUT2D eigenvalue weighted by molar-refractivity contribution is 0.165. The highest BCUT2D eigenvalue weighted by atomic mass is 14.3. The van der Waals surface area contributed by atoms with Gasteiger partial charge in [-0.2, -0.15) is 0 Å².